The van der Waals surface area contributed by atoms with Crippen molar-refractivity contribution in [3.05, 3.63) is 54.2 Å². The second-order valence-electron chi connectivity index (χ2n) is 6.36. The maximum atomic E-state index is 12.0. The zero-order valence-corrected chi connectivity index (χ0v) is 14.8. The van der Waals surface area contributed by atoms with Gasteiger partial charge in [-0.25, -0.2) is 4.98 Å². The van der Waals surface area contributed by atoms with E-state index in [-0.39, 0.29) is 5.91 Å². The number of carbonyl (C=O) groups is 2. The Hall–Kier alpha value is -3.09. The number of carboxylic acids is 1. The summed E-state index contributed by atoms with van der Waals surface area (Å²) in [5.41, 5.74) is 0.822. The third-order valence-electron chi connectivity index (χ3n) is 4.54. The smallest absolute Gasteiger partial charge is 0.307 e. The van der Waals surface area contributed by atoms with Crippen molar-refractivity contribution in [1.29, 1.82) is 0 Å². The van der Waals surface area contributed by atoms with E-state index in [2.05, 4.69) is 10.3 Å². The summed E-state index contributed by atoms with van der Waals surface area (Å²) in [7, 11) is 0. The second-order valence-corrected chi connectivity index (χ2v) is 6.36. The van der Waals surface area contributed by atoms with Crippen LogP contribution >= 0.6 is 0 Å². The predicted molar refractivity (Wildman–Crippen MR) is 97.4 cm³/mol. The highest BCUT2D eigenvalue weighted by molar-refractivity contribution is 5.86. The number of rotatable bonds is 9. The molecular weight excluding hydrogens is 348 g/mol. The fourth-order valence-corrected chi connectivity index (χ4v) is 2.85. The zero-order chi connectivity index (χ0) is 19.1. The lowest BCUT2D eigenvalue weighted by atomic mass is 9.73. The minimum atomic E-state index is -0.902. The summed E-state index contributed by atoms with van der Waals surface area (Å²) in [5.74, 6) is -0.837. The maximum absolute atomic E-state index is 12.0. The van der Waals surface area contributed by atoms with Crippen molar-refractivity contribution in [3.8, 4) is 11.6 Å². The average Bonchev–Trinajstić information content (AvgIpc) is 2.64. The molecule has 1 heterocycles. The van der Waals surface area contributed by atoms with Gasteiger partial charge < -0.3 is 19.9 Å². The first kappa shape index (κ1) is 18.7. The number of benzene rings is 1. The molecule has 7 heteroatoms. The van der Waals surface area contributed by atoms with E-state index in [0.717, 1.165) is 11.3 Å². The third-order valence-corrected chi connectivity index (χ3v) is 4.54. The second kappa shape index (κ2) is 9.02. The van der Waals surface area contributed by atoms with E-state index in [1.54, 1.807) is 12.3 Å². The summed E-state index contributed by atoms with van der Waals surface area (Å²) in [6.45, 7) is 1.10. The number of ether oxygens (including phenoxy) is 2. The normalized spacial score (nSPS) is 18.2. The molecular formula is C20H22N2O5. The molecule has 0 spiro atoms. The predicted octanol–water partition coefficient (Wildman–Crippen LogP) is 2.27. The molecule has 1 aromatic carbocycles. The molecule has 1 saturated carbocycles. The molecule has 1 aliphatic rings. The fourth-order valence-electron chi connectivity index (χ4n) is 2.85. The van der Waals surface area contributed by atoms with E-state index in [4.69, 9.17) is 14.6 Å². The minimum Gasteiger partial charge on any atom is -0.490 e. The summed E-state index contributed by atoms with van der Waals surface area (Å²) in [4.78, 5) is 27.2. The van der Waals surface area contributed by atoms with Gasteiger partial charge in [-0.1, -0.05) is 24.3 Å². The molecule has 1 fully saturated rings. The number of carbonyl (C=O) groups excluding carboxylic acids is 1. The van der Waals surface area contributed by atoms with Crippen molar-refractivity contribution in [3.63, 3.8) is 0 Å². The standard InChI is InChI=1S/C20H22N2O5/c23-19(16-7-8-17(16)20(24)25)22-13-14-6-9-18(21-12-14)27-11-10-26-15-4-2-1-3-5-15/h1-6,9,12,16-17H,7-8,10-11,13H2,(H,22,23)(H,24,25). The highest BCUT2D eigenvalue weighted by atomic mass is 16.5. The van der Waals surface area contributed by atoms with E-state index in [1.165, 1.54) is 0 Å². The number of aliphatic carboxylic acids is 1. The molecule has 1 amide bonds. The van der Waals surface area contributed by atoms with Crippen molar-refractivity contribution in [2.45, 2.75) is 19.4 Å². The van der Waals surface area contributed by atoms with Crippen molar-refractivity contribution in [2.24, 2.45) is 11.8 Å². The fraction of sp³-hybridized carbons (Fsp3) is 0.350. The molecule has 2 unspecified atom stereocenters. The van der Waals surface area contributed by atoms with E-state index < -0.39 is 17.8 Å². The van der Waals surface area contributed by atoms with Crippen LogP contribution in [0.2, 0.25) is 0 Å². The largest absolute Gasteiger partial charge is 0.490 e. The summed E-state index contributed by atoms with van der Waals surface area (Å²) >= 11 is 0. The average molecular weight is 370 g/mol. The molecule has 0 aliphatic heterocycles. The first-order chi connectivity index (χ1) is 13.1. The van der Waals surface area contributed by atoms with Crippen LogP contribution in [0, 0.1) is 11.8 Å². The van der Waals surface area contributed by atoms with Crippen molar-refractivity contribution in [2.75, 3.05) is 13.2 Å². The lowest BCUT2D eigenvalue weighted by Gasteiger charge is -2.31. The Morgan fingerprint density at radius 3 is 2.41 bits per heavy atom. The topological polar surface area (TPSA) is 97.8 Å². The summed E-state index contributed by atoms with van der Waals surface area (Å²) in [6.07, 6.45) is 2.82. The Bertz CT molecular complexity index is 764. The Morgan fingerprint density at radius 1 is 1.04 bits per heavy atom. The van der Waals surface area contributed by atoms with Gasteiger partial charge in [-0.05, 0) is 30.5 Å². The van der Waals surface area contributed by atoms with Crippen LogP contribution in [0.15, 0.2) is 48.7 Å². The number of hydrogen-bond donors (Lipinski definition) is 2. The first-order valence-corrected chi connectivity index (χ1v) is 8.89. The molecule has 0 bridgehead atoms. The van der Waals surface area contributed by atoms with E-state index in [9.17, 15) is 9.59 Å². The van der Waals surface area contributed by atoms with Crippen LogP contribution in [0.4, 0.5) is 0 Å². The van der Waals surface area contributed by atoms with Crippen molar-refractivity contribution >= 4 is 11.9 Å². The molecule has 2 N–H and O–H groups in total. The van der Waals surface area contributed by atoms with Gasteiger partial charge in [0.2, 0.25) is 11.8 Å². The number of amides is 1. The van der Waals surface area contributed by atoms with Crippen LogP contribution < -0.4 is 14.8 Å². The molecule has 2 atom stereocenters. The Balaban J connectivity index is 1.37. The molecule has 1 aliphatic carbocycles. The van der Waals surface area contributed by atoms with Gasteiger partial charge in [-0.3, -0.25) is 9.59 Å². The summed E-state index contributed by atoms with van der Waals surface area (Å²) in [5, 5.41) is 11.8. The molecule has 3 rings (SSSR count). The molecule has 0 saturated heterocycles. The van der Waals surface area contributed by atoms with E-state index in [0.29, 0.717) is 38.5 Å². The quantitative estimate of drug-likeness (QED) is 0.657. The van der Waals surface area contributed by atoms with Crippen LogP contribution in [0.1, 0.15) is 18.4 Å². The van der Waals surface area contributed by atoms with Crippen LogP contribution in [0.3, 0.4) is 0 Å². The number of nitrogens with zero attached hydrogens (tertiary/aromatic N) is 1. The maximum Gasteiger partial charge on any atom is 0.307 e. The van der Waals surface area contributed by atoms with E-state index in [1.807, 2.05) is 36.4 Å². The van der Waals surface area contributed by atoms with Crippen molar-refractivity contribution < 1.29 is 24.2 Å². The van der Waals surface area contributed by atoms with E-state index >= 15 is 0 Å². The molecule has 142 valence electrons. The number of hydrogen-bond acceptors (Lipinski definition) is 5. The van der Waals surface area contributed by atoms with Gasteiger partial charge in [0.05, 0.1) is 11.8 Å². The SMILES string of the molecule is O=C(O)C1CCC1C(=O)NCc1ccc(OCCOc2ccccc2)nc1. The monoisotopic (exact) mass is 370 g/mol. The number of carboxylic acid groups (broad SMARTS) is 1. The molecule has 1 aromatic heterocycles. The number of pyridine rings is 1. The van der Waals surface area contributed by atoms with Crippen LogP contribution in [-0.4, -0.2) is 35.2 Å². The summed E-state index contributed by atoms with van der Waals surface area (Å²) in [6, 6.07) is 13.0. The van der Waals surface area contributed by atoms with Gasteiger partial charge in [-0.2, -0.15) is 0 Å². The molecule has 0 radical (unpaired) electrons. The number of para-hydroxylation sites is 1. The zero-order valence-electron chi connectivity index (χ0n) is 14.8. The van der Waals surface area contributed by atoms with Gasteiger partial charge in [0.25, 0.3) is 0 Å². The highest BCUT2D eigenvalue weighted by Gasteiger charge is 2.41. The summed E-state index contributed by atoms with van der Waals surface area (Å²) < 4.78 is 11.1. The molecule has 2 aromatic rings. The Morgan fingerprint density at radius 2 is 1.78 bits per heavy atom. The lowest BCUT2D eigenvalue weighted by Crippen LogP contribution is -2.43. The number of aromatic nitrogens is 1. The van der Waals surface area contributed by atoms with Gasteiger partial charge in [0, 0.05) is 18.8 Å². The van der Waals surface area contributed by atoms with Crippen LogP contribution in [0.25, 0.3) is 0 Å². The minimum absolute atomic E-state index is 0.216. The van der Waals surface area contributed by atoms with Gasteiger partial charge in [0.1, 0.15) is 19.0 Å². The first-order valence-electron chi connectivity index (χ1n) is 8.89. The van der Waals surface area contributed by atoms with Gasteiger partial charge >= 0.3 is 5.97 Å². The molecule has 7 nitrogen and oxygen atoms in total. The molecule has 27 heavy (non-hydrogen) atoms. The van der Waals surface area contributed by atoms with Crippen molar-refractivity contribution in [1.82, 2.24) is 10.3 Å². The van der Waals surface area contributed by atoms with Crippen LogP contribution in [0.5, 0.6) is 11.6 Å². The highest BCUT2D eigenvalue weighted by Crippen LogP contribution is 2.34. The van der Waals surface area contributed by atoms with Gasteiger partial charge in [-0.15, -0.1) is 0 Å². The van der Waals surface area contributed by atoms with Crippen LogP contribution in [-0.2, 0) is 16.1 Å². The Labute approximate surface area is 157 Å². The Kier molecular flexibility index (Phi) is 6.25. The van der Waals surface area contributed by atoms with Gasteiger partial charge in [0.15, 0.2) is 0 Å². The lowest BCUT2D eigenvalue weighted by molar-refractivity contribution is -0.152. The number of nitrogens with one attached hydrogen (secondary N) is 1. The third kappa shape index (κ3) is 5.20.